The van der Waals surface area contributed by atoms with E-state index in [4.69, 9.17) is 18.9 Å². The lowest BCUT2D eigenvalue weighted by atomic mass is 10.1. The first-order valence-corrected chi connectivity index (χ1v) is 9.07. The molecule has 0 saturated carbocycles. The maximum atomic E-state index is 12.7. The summed E-state index contributed by atoms with van der Waals surface area (Å²) < 4.78 is 20.0. The molecule has 0 radical (unpaired) electrons. The van der Waals surface area contributed by atoms with Gasteiger partial charge in [0.25, 0.3) is 5.91 Å². The Bertz CT molecular complexity index is 1150. The first-order valence-electron chi connectivity index (χ1n) is 9.07. The number of hydrogen-bond acceptors (Lipinski definition) is 8. The number of benzene rings is 2. The average molecular weight is 423 g/mol. The van der Waals surface area contributed by atoms with Gasteiger partial charge in [-0.2, -0.15) is 5.10 Å². The van der Waals surface area contributed by atoms with Crippen molar-refractivity contribution in [2.75, 3.05) is 26.3 Å². The molecule has 1 aliphatic rings. The van der Waals surface area contributed by atoms with E-state index in [0.29, 0.717) is 17.2 Å². The van der Waals surface area contributed by atoms with Crippen LogP contribution in [0.1, 0.15) is 31.2 Å². The van der Waals surface area contributed by atoms with E-state index in [2.05, 4.69) is 15.5 Å². The van der Waals surface area contributed by atoms with Gasteiger partial charge in [0.15, 0.2) is 11.5 Å². The number of methoxy groups -OCH3 is 2. The van der Waals surface area contributed by atoms with Crippen LogP contribution in [0.3, 0.4) is 0 Å². The second kappa shape index (κ2) is 8.19. The van der Waals surface area contributed by atoms with E-state index < -0.39 is 17.8 Å². The van der Waals surface area contributed by atoms with Crippen molar-refractivity contribution in [2.24, 2.45) is 0 Å². The molecule has 0 aliphatic carbocycles. The Kier molecular flexibility index (Phi) is 5.27. The molecular formula is C21H17N3O7. The van der Waals surface area contributed by atoms with Crippen molar-refractivity contribution >= 4 is 23.5 Å². The molecule has 1 aliphatic heterocycles. The predicted octanol–water partition coefficient (Wildman–Crippen LogP) is 2.63. The summed E-state index contributed by atoms with van der Waals surface area (Å²) in [6.45, 7) is 0.158. The Morgan fingerprint density at radius 3 is 2.29 bits per heavy atom. The summed E-state index contributed by atoms with van der Waals surface area (Å²) in [6.07, 6.45) is 0. The van der Waals surface area contributed by atoms with Crippen molar-refractivity contribution in [3.05, 3.63) is 59.3 Å². The number of nitrogens with one attached hydrogen (secondary N) is 2. The van der Waals surface area contributed by atoms with Gasteiger partial charge in [-0.3, -0.25) is 9.89 Å². The van der Waals surface area contributed by atoms with Gasteiger partial charge in [-0.1, -0.05) is 0 Å². The fraction of sp³-hybridized carbons (Fsp3) is 0.143. The van der Waals surface area contributed by atoms with Crippen molar-refractivity contribution in [3.63, 3.8) is 0 Å². The van der Waals surface area contributed by atoms with Crippen molar-refractivity contribution in [1.82, 2.24) is 10.2 Å². The molecule has 0 fully saturated rings. The largest absolute Gasteiger partial charge is 0.465 e. The number of rotatable bonds is 5. The number of amides is 1. The maximum Gasteiger partial charge on any atom is 0.337 e. The van der Waals surface area contributed by atoms with E-state index in [-0.39, 0.29) is 29.3 Å². The maximum absolute atomic E-state index is 12.7. The minimum absolute atomic E-state index is 0.0892. The summed E-state index contributed by atoms with van der Waals surface area (Å²) in [5.41, 5.74) is 1.84. The number of H-pyrrole nitrogens is 1. The molecule has 1 aromatic heterocycles. The van der Waals surface area contributed by atoms with E-state index in [1.165, 1.54) is 32.4 Å². The van der Waals surface area contributed by atoms with Crippen molar-refractivity contribution < 1.29 is 33.3 Å². The summed E-state index contributed by atoms with van der Waals surface area (Å²) in [6, 6.07) is 11.0. The van der Waals surface area contributed by atoms with Gasteiger partial charge in [-0.15, -0.1) is 0 Å². The molecule has 1 amide bonds. The van der Waals surface area contributed by atoms with E-state index in [0.717, 1.165) is 5.56 Å². The molecule has 4 rings (SSSR count). The van der Waals surface area contributed by atoms with Crippen LogP contribution in [0.2, 0.25) is 0 Å². The van der Waals surface area contributed by atoms with Crippen LogP contribution in [0.15, 0.2) is 42.5 Å². The minimum Gasteiger partial charge on any atom is -0.465 e. The molecule has 2 heterocycles. The summed E-state index contributed by atoms with van der Waals surface area (Å²) in [7, 11) is 2.43. The zero-order valence-corrected chi connectivity index (χ0v) is 16.6. The Labute approximate surface area is 176 Å². The Morgan fingerprint density at radius 2 is 1.61 bits per heavy atom. The van der Waals surface area contributed by atoms with Crippen LogP contribution in [0.25, 0.3) is 11.3 Å². The molecule has 3 aromatic rings. The number of carbonyl (C=O) groups excluding carboxylic acids is 3. The molecule has 0 unspecified atom stereocenters. The number of aromatic nitrogens is 2. The quantitative estimate of drug-likeness (QED) is 0.599. The fourth-order valence-corrected chi connectivity index (χ4v) is 3.01. The number of aromatic amines is 1. The lowest BCUT2D eigenvalue weighted by Crippen LogP contribution is -2.14. The van der Waals surface area contributed by atoms with Gasteiger partial charge >= 0.3 is 11.9 Å². The van der Waals surface area contributed by atoms with E-state index >= 15 is 0 Å². The average Bonchev–Trinajstić information content (AvgIpc) is 3.46. The SMILES string of the molecule is COC(=O)c1cc(NC(=O)c2cc(-c3ccc4c(c3)OCO4)n[nH]2)cc(C(=O)OC)c1. The number of carbonyl (C=O) groups is 3. The van der Waals surface area contributed by atoms with Crippen molar-refractivity contribution in [3.8, 4) is 22.8 Å². The molecule has 31 heavy (non-hydrogen) atoms. The number of hydrogen-bond donors (Lipinski definition) is 2. The lowest BCUT2D eigenvalue weighted by Gasteiger charge is -2.09. The van der Waals surface area contributed by atoms with Crippen molar-refractivity contribution in [1.29, 1.82) is 0 Å². The molecule has 0 saturated heterocycles. The van der Waals surface area contributed by atoms with Crippen LogP contribution in [-0.4, -0.2) is 49.1 Å². The molecule has 0 atom stereocenters. The van der Waals surface area contributed by atoms with Gasteiger partial charge in [-0.25, -0.2) is 9.59 Å². The van der Waals surface area contributed by atoms with Gasteiger partial charge in [0.05, 0.1) is 31.0 Å². The van der Waals surface area contributed by atoms with Crippen LogP contribution in [-0.2, 0) is 9.47 Å². The fourth-order valence-electron chi connectivity index (χ4n) is 3.01. The molecule has 0 spiro atoms. The monoisotopic (exact) mass is 423 g/mol. The third kappa shape index (κ3) is 4.04. The molecule has 158 valence electrons. The molecule has 0 bridgehead atoms. The number of anilines is 1. The summed E-state index contributed by atoms with van der Waals surface area (Å²) in [5.74, 6) is -0.594. The van der Waals surface area contributed by atoms with Crippen LogP contribution >= 0.6 is 0 Å². The highest BCUT2D eigenvalue weighted by atomic mass is 16.7. The number of esters is 2. The third-order valence-corrected chi connectivity index (χ3v) is 4.52. The molecule has 2 aromatic carbocycles. The van der Waals surface area contributed by atoms with Gasteiger partial charge < -0.3 is 24.3 Å². The Morgan fingerprint density at radius 1 is 0.935 bits per heavy atom. The molecule has 10 heteroatoms. The van der Waals surface area contributed by atoms with Gasteiger partial charge in [0.2, 0.25) is 6.79 Å². The first-order chi connectivity index (χ1) is 15.0. The second-order valence-corrected chi connectivity index (χ2v) is 6.47. The van der Waals surface area contributed by atoms with Gasteiger partial charge in [-0.05, 0) is 42.5 Å². The van der Waals surface area contributed by atoms with Crippen LogP contribution in [0.4, 0.5) is 5.69 Å². The Balaban J connectivity index is 1.57. The minimum atomic E-state index is -0.659. The van der Waals surface area contributed by atoms with Crippen molar-refractivity contribution in [2.45, 2.75) is 0 Å². The van der Waals surface area contributed by atoms with Crippen LogP contribution < -0.4 is 14.8 Å². The molecule has 2 N–H and O–H groups in total. The van der Waals surface area contributed by atoms with Crippen LogP contribution in [0.5, 0.6) is 11.5 Å². The standard InChI is InChI=1S/C21H17N3O7/c1-28-20(26)12-5-13(21(27)29-2)7-14(6-12)22-19(25)16-9-15(23-24-16)11-3-4-17-18(8-11)31-10-30-17/h3-9H,10H2,1-2H3,(H,22,25)(H,23,24). The highest BCUT2D eigenvalue weighted by Crippen LogP contribution is 2.35. The molecular weight excluding hydrogens is 406 g/mol. The number of nitrogens with zero attached hydrogens (tertiary/aromatic N) is 1. The predicted molar refractivity (Wildman–Crippen MR) is 107 cm³/mol. The third-order valence-electron chi connectivity index (χ3n) is 4.52. The number of ether oxygens (including phenoxy) is 4. The summed E-state index contributed by atoms with van der Waals surface area (Å²) in [4.78, 5) is 36.5. The lowest BCUT2D eigenvalue weighted by molar-refractivity contribution is 0.0599. The van der Waals surface area contributed by atoms with Gasteiger partial charge in [0.1, 0.15) is 5.69 Å². The summed E-state index contributed by atoms with van der Waals surface area (Å²) in [5, 5.41) is 9.47. The Hall–Kier alpha value is -4.34. The smallest absolute Gasteiger partial charge is 0.337 e. The van der Waals surface area contributed by atoms with E-state index in [1.807, 2.05) is 0 Å². The zero-order valence-electron chi connectivity index (χ0n) is 16.6. The normalized spacial score (nSPS) is 11.7. The van der Waals surface area contributed by atoms with E-state index in [1.54, 1.807) is 24.3 Å². The highest BCUT2D eigenvalue weighted by Gasteiger charge is 2.18. The van der Waals surface area contributed by atoms with E-state index in [9.17, 15) is 14.4 Å². The molecule has 10 nitrogen and oxygen atoms in total. The van der Waals surface area contributed by atoms with Crippen LogP contribution in [0, 0.1) is 0 Å². The summed E-state index contributed by atoms with van der Waals surface area (Å²) >= 11 is 0. The zero-order chi connectivity index (χ0) is 22.0. The first kappa shape index (κ1) is 20.0. The van der Waals surface area contributed by atoms with Gasteiger partial charge in [0, 0.05) is 11.3 Å². The topological polar surface area (TPSA) is 129 Å². The highest BCUT2D eigenvalue weighted by molar-refractivity contribution is 6.05. The second-order valence-electron chi connectivity index (χ2n) is 6.47. The number of fused-ring (bicyclic) bond motifs is 1.